The molecule has 0 aromatic heterocycles. The fourth-order valence-corrected chi connectivity index (χ4v) is 2.91. The summed E-state index contributed by atoms with van der Waals surface area (Å²) in [4.78, 5) is 24.7. The van der Waals surface area contributed by atoms with Crippen LogP contribution >= 0.6 is 0 Å². The second kappa shape index (κ2) is 10.7. The van der Waals surface area contributed by atoms with Crippen LogP contribution in [0.15, 0.2) is 42.5 Å². The van der Waals surface area contributed by atoms with E-state index in [0.29, 0.717) is 11.3 Å². The summed E-state index contributed by atoms with van der Waals surface area (Å²) >= 11 is 0. The Bertz CT molecular complexity index is 965. The molecule has 0 atom stereocenters. The number of anilines is 1. The van der Waals surface area contributed by atoms with E-state index in [1.54, 1.807) is 17.0 Å². The molecule has 0 fully saturated rings. The predicted octanol–water partition coefficient (Wildman–Crippen LogP) is 6.26. The van der Waals surface area contributed by atoms with Crippen LogP contribution in [-0.4, -0.2) is 35.9 Å². The number of ether oxygens (including phenoxy) is 2. The summed E-state index contributed by atoms with van der Waals surface area (Å²) in [5.41, 5.74) is 1.45. The number of nitro benzene ring substituents is 1. The Balaban J connectivity index is 2.21. The summed E-state index contributed by atoms with van der Waals surface area (Å²) < 4.78 is 23.1. The fraction of sp³-hybridized carbons (Fsp3) is 0.375. The first-order chi connectivity index (χ1) is 15.0. The van der Waals surface area contributed by atoms with Crippen LogP contribution in [0.1, 0.15) is 45.7 Å². The van der Waals surface area contributed by atoms with E-state index >= 15 is 0 Å². The van der Waals surface area contributed by atoms with Crippen molar-refractivity contribution in [3.8, 4) is 5.75 Å². The van der Waals surface area contributed by atoms with E-state index < -0.39 is 23.3 Å². The number of nitrogens with zero attached hydrogens (tertiary/aromatic N) is 2. The summed E-state index contributed by atoms with van der Waals surface area (Å²) in [6.45, 7) is 8.31. The zero-order chi connectivity index (χ0) is 23.9. The molecule has 0 bridgehead atoms. The van der Waals surface area contributed by atoms with E-state index in [0.717, 1.165) is 5.56 Å². The van der Waals surface area contributed by atoms with Crippen molar-refractivity contribution >= 4 is 29.6 Å². The topological polar surface area (TPSA) is 81.9 Å². The van der Waals surface area contributed by atoms with Crippen LogP contribution in [0, 0.1) is 10.1 Å². The van der Waals surface area contributed by atoms with Gasteiger partial charge in [0, 0.05) is 17.8 Å². The van der Waals surface area contributed by atoms with Gasteiger partial charge in [-0.3, -0.25) is 15.0 Å². The normalized spacial score (nSPS) is 11.6. The van der Waals surface area contributed by atoms with E-state index in [4.69, 9.17) is 9.47 Å². The van der Waals surface area contributed by atoms with Gasteiger partial charge in [0.15, 0.2) is 5.75 Å². The highest BCUT2D eigenvalue weighted by Gasteiger charge is 2.25. The Morgan fingerprint density at radius 3 is 2.25 bits per heavy atom. The number of hydrogen-bond acceptors (Lipinski definition) is 5. The molecule has 32 heavy (non-hydrogen) atoms. The number of rotatable bonds is 8. The van der Waals surface area contributed by atoms with Gasteiger partial charge >= 0.3 is 11.8 Å². The minimum absolute atomic E-state index is 0.0232. The smallest absolute Gasteiger partial charge is 0.415 e. The first-order valence-corrected chi connectivity index (χ1v) is 10.3. The number of halogens is 1. The van der Waals surface area contributed by atoms with Crippen molar-refractivity contribution < 1.29 is 23.6 Å². The van der Waals surface area contributed by atoms with Gasteiger partial charge in [-0.05, 0) is 70.0 Å². The standard InChI is InChI=1S/C24H29FN2O5/c1-17(2)26(23(28)32-24(3,4)5)20-11-8-18(9-12-20)6-7-19-10-13-21(27(29)30)22(16-19)31-15-14-25/h6-13,16-17H,14-15H2,1-5H3/b7-6+. The largest absolute Gasteiger partial charge is 0.484 e. The molecule has 2 aromatic carbocycles. The zero-order valence-corrected chi connectivity index (χ0v) is 19.0. The number of carbonyl (C=O) groups is 1. The van der Waals surface area contributed by atoms with Gasteiger partial charge < -0.3 is 9.47 Å². The highest BCUT2D eigenvalue weighted by molar-refractivity contribution is 5.88. The maximum absolute atomic E-state index is 12.6. The van der Waals surface area contributed by atoms with Crippen LogP contribution in [0.2, 0.25) is 0 Å². The van der Waals surface area contributed by atoms with Gasteiger partial charge in [-0.2, -0.15) is 0 Å². The van der Waals surface area contributed by atoms with E-state index in [-0.39, 0.29) is 24.1 Å². The molecule has 0 aliphatic rings. The number of carbonyl (C=O) groups excluding carboxylic acids is 1. The molecule has 1 amide bonds. The summed E-state index contributed by atoms with van der Waals surface area (Å²) in [5, 5.41) is 11.1. The third kappa shape index (κ3) is 7.08. The Hall–Kier alpha value is -3.42. The number of hydrogen-bond donors (Lipinski definition) is 0. The van der Waals surface area contributed by atoms with E-state index in [1.165, 1.54) is 12.1 Å². The Morgan fingerprint density at radius 2 is 1.72 bits per heavy atom. The van der Waals surface area contributed by atoms with Crippen molar-refractivity contribution in [1.29, 1.82) is 0 Å². The van der Waals surface area contributed by atoms with Gasteiger partial charge in [-0.25, -0.2) is 9.18 Å². The van der Waals surface area contributed by atoms with Crippen LogP contribution in [-0.2, 0) is 4.74 Å². The van der Waals surface area contributed by atoms with Crippen LogP contribution in [0.25, 0.3) is 12.2 Å². The van der Waals surface area contributed by atoms with Crippen LogP contribution in [0.3, 0.4) is 0 Å². The Kier molecular flexibility index (Phi) is 8.34. The molecule has 0 aliphatic carbocycles. The van der Waals surface area contributed by atoms with Crippen molar-refractivity contribution in [2.24, 2.45) is 0 Å². The number of alkyl halides is 1. The summed E-state index contributed by atoms with van der Waals surface area (Å²) in [7, 11) is 0. The monoisotopic (exact) mass is 444 g/mol. The summed E-state index contributed by atoms with van der Waals surface area (Å²) in [6.07, 6.45) is 3.19. The fourth-order valence-electron chi connectivity index (χ4n) is 2.91. The van der Waals surface area contributed by atoms with Gasteiger partial charge in [0.1, 0.15) is 18.9 Å². The minimum Gasteiger partial charge on any atom is -0.484 e. The van der Waals surface area contributed by atoms with Crippen molar-refractivity contribution in [2.45, 2.75) is 46.3 Å². The molecule has 2 rings (SSSR count). The average molecular weight is 445 g/mol. The lowest BCUT2D eigenvalue weighted by molar-refractivity contribution is -0.385. The number of benzene rings is 2. The molecule has 0 spiro atoms. The van der Waals surface area contributed by atoms with Crippen molar-refractivity contribution in [3.63, 3.8) is 0 Å². The molecule has 0 saturated carbocycles. The SMILES string of the molecule is CC(C)N(C(=O)OC(C)(C)C)c1ccc(/C=C/c2ccc([N+](=O)[O-])c(OCCF)c2)cc1. The maximum Gasteiger partial charge on any atom is 0.415 e. The van der Waals surface area contributed by atoms with Gasteiger partial charge in [-0.1, -0.05) is 24.3 Å². The third-order valence-electron chi connectivity index (χ3n) is 4.26. The summed E-state index contributed by atoms with van der Waals surface area (Å²) in [6, 6.07) is 11.7. The van der Waals surface area contributed by atoms with E-state index in [2.05, 4.69) is 0 Å². The van der Waals surface area contributed by atoms with Crippen molar-refractivity contribution in [2.75, 3.05) is 18.2 Å². The van der Waals surface area contributed by atoms with Crippen molar-refractivity contribution in [1.82, 2.24) is 0 Å². The first-order valence-electron chi connectivity index (χ1n) is 10.3. The van der Waals surface area contributed by atoms with Gasteiger partial charge in [0.05, 0.1) is 4.92 Å². The predicted molar refractivity (Wildman–Crippen MR) is 124 cm³/mol. The van der Waals surface area contributed by atoms with Crippen LogP contribution in [0.4, 0.5) is 20.6 Å². The highest BCUT2D eigenvalue weighted by Crippen LogP contribution is 2.29. The van der Waals surface area contributed by atoms with Gasteiger partial charge in [-0.15, -0.1) is 0 Å². The lowest BCUT2D eigenvalue weighted by Gasteiger charge is -2.30. The lowest BCUT2D eigenvalue weighted by atomic mass is 10.1. The molecule has 0 heterocycles. The van der Waals surface area contributed by atoms with Crippen LogP contribution in [0.5, 0.6) is 5.75 Å². The second-order valence-corrected chi connectivity index (χ2v) is 8.39. The van der Waals surface area contributed by atoms with Gasteiger partial charge in [0.2, 0.25) is 0 Å². The lowest BCUT2D eigenvalue weighted by Crippen LogP contribution is -2.41. The molecule has 2 aromatic rings. The highest BCUT2D eigenvalue weighted by atomic mass is 19.1. The quantitative estimate of drug-likeness (QED) is 0.272. The molecule has 172 valence electrons. The minimum atomic E-state index is -0.736. The molecule has 0 aliphatic heterocycles. The summed E-state index contributed by atoms with van der Waals surface area (Å²) in [5.74, 6) is 0.0232. The number of amides is 1. The second-order valence-electron chi connectivity index (χ2n) is 8.39. The van der Waals surface area contributed by atoms with E-state index in [1.807, 2.05) is 65.0 Å². The zero-order valence-electron chi connectivity index (χ0n) is 19.0. The Morgan fingerprint density at radius 1 is 1.12 bits per heavy atom. The Labute approximate surface area is 187 Å². The van der Waals surface area contributed by atoms with Crippen LogP contribution < -0.4 is 9.64 Å². The molecular formula is C24H29FN2O5. The molecule has 0 N–H and O–H groups in total. The van der Waals surface area contributed by atoms with Gasteiger partial charge in [0.25, 0.3) is 0 Å². The average Bonchev–Trinajstić information content (AvgIpc) is 2.70. The third-order valence-corrected chi connectivity index (χ3v) is 4.26. The first kappa shape index (κ1) is 24.8. The molecule has 8 heteroatoms. The molecule has 0 unspecified atom stereocenters. The molecular weight excluding hydrogens is 415 g/mol. The molecule has 7 nitrogen and oxygen atoms in total. The van der Waals surface area contributed by atoms with E-state index in [9.17, 15) is 19.3 Å². The maximum atomic E-state index is 12.6. The molecule has 0 saturated heterocycles. The molecule has 0 radical (unpaired) electrons. The van der Waals surface area contributed by atoms with Crippen molar-refractivity contribution in [3.05, 3.63) is 63.7 Å². The number of nitro groups is 1.